The number of methoxy groups -OCH3 is 1. The number of benzene rings is 2. The normalized spacial score (nSPS) is 21.5. The van der Waals surface area contributed by atoms with Crippen LogP contribution in [0.4, 0.5) is 13.2 Å². The minimum atomic E-state index is -1.45. The first kappa shape index (κ1) is 25.5. The number of rotatable bonds is 4. The molecule has 204 valence electrons. The molecule has 0 bridgehead atoms. The summed E-state index contributed by atoms with van der Waals surface area (Å²) in [6, 6.07) is 7.71. The molecule has 1 spiro atoms. The van der Waals surface area contributed by atoms with Crippen molar-refractivity contribution in [2.75, 3.05) is 13.7 Å². The summed E-state index contributed by atoms with van der Waals surface area (Å²) in [5, 5.41) is 4.62. The number of halogens is 3. The molecule has 9 heteroatoms. The van der Waals surface area contributed by atoms with Crippen LogP contribution in [0, 0.1) is 24.4 Å². The Labute approximate surface area is 225 Å². The number of nitrogens with zero attached hydrogens (tertiary/aromatic N) is 4. The van der Waals surface area contributed by atoms with Crippen molar-refractivity contribution in [3.8, 4) is 11.4 Å². The van der Waals surface area contributed by atoms with Crippen LogP contribution in [-0.2, 0) is 4.84 Å². The maximum atomic E-state index is 14.4. The molecule has 3 aliphatic rings. The Hall–Kier alpha value is -3.75. The standard InChI is InChI=1S/C30H31F3N4O2/c1-19-17-36(18-34-19)25-9-8-20(14-26(25)38-2)13-21-7-6-12-37-28(22-15-23(31)27(33)24(32)16-22)30(39-35-29(21)37)10-4-3-5-11-30/h8-9,13-18,28H,3-7,10-12H2,1-2H3/t28-/m0/s1. The molecular formula is C30H31F3N4O2. The average molecular weight is 537 g/mol. The van der Waals surface area contributed by atoms with Gasteiger partial charge < -0.3 is 19.0 Å². The van der Waals surface area contributed by atoms with E-state index in [1.807, 2.05) is 35.9 Å². The summed E-state index contributed by atoms with van der Waals surface area (Å²) in [7, 11) is 1.64. The molecule has 6 nitrogen and oxygen atoms in total. The number of ether oxygens (including phenoxy) is 1. The highest BCUT2D eigenvalue weighted by molar-refractivity contribution is 6.03. The number of aryl methyl sites for hydroxylation is 1. The Morgan fingerprint density at radius 3 is 2.51 bits per heavy atom. The molecular weight excluding hydrogens is 505 g/mol. The van der Waals surface area contributed by atoms with Gasteiger partial charge in [0.1, 0.15) is 5.75 Å². The van der Waals surface area contributed by atoms with Crippen LogP contribution in [0.3, 0.4) is 0 Å². The second kappa shape index (κ2) is 10.1. The summed E-state index contributed by atoms with van der Waals surface area (Å²) in [6.45, 7) is 2.60. The smallest absolute Gasteiger partial charge is 0.194 e. The summed E-state index contributed by atoms with van der Waals surface area (Å²) < 4.78 is 50.4. The van der Waals surface area contributed by atoms with Crippen LogP contribution in [0.15, 0.2) is 53.6 Å². The lowest BCUT2D eigenvalue weighted by molar-refractivity contribution is -0.132. The first-order chi connectivity index (χ1) is 18.9. The second-order valence-corrected chi connectivity index (χ2v) is 10.7. The van der Waals surface area contributed by atoms with E-state index < -0.39 is 29.1 Å². The van der Waals surface area contributed by atoms with Gasteiger partial charge in [-0.05, 0) is 92.5 Å². The van der Waals surface area contributed by atoms with E-state index in [2.05, 4.69) is 21.1 Å². The van der Waals surface area contributed by atoms with E-state index in [9.17, 15) is 13.2 Å². The molecule has 3 aromatic rings. The quantitative estimate of drug-likeness (QED) is 0.342. The Morgan fingerprint density at radius 1 is 1.05 bits per heavy atom. The molecule has 3 heterocycles. The van der Waals surface area contributed by atoms with Crippen molar-refractivity contribution in [2.45, 2.75) is 63.5 Å². The number of aromatic nitrogens is 2. The molecule has 0 N–H and O–H groups in total. The topological polar surface area (TPSA) is 51.9 Å². The summed E-state index contributed by atoms with van der Waals surface area (Å²) in [4.78, 5) is 12.7. The van der Waals surface area contributed by atoms with Gasteiger partial charge in [0.15, 0.2) is 28.9 Å². The minimum Gasteiger partial charge on any atom is -0.495 e. The number of piperidine rings is 1. The van der Waals surface area contributed by atoms with Gasteiger partial charge in [0.25, 0.3) is 0 Å². The lowest BCUT2D eigenvalue weighted by atomic mass is 9.75. The first-order valence-corrected chi connectivity index (χ1v) is 13.5. The zero-order valence-electron chi connectivity index (χ0n) is 22.1. The molecule has 1 saturated heterocycles. The largest absolute Gasteiger partial charge is 0.495 e. The van der Waals surface area contributed by atoms with Gasteiger partial charge in [-0.3, -0.25) is 0 Å². The Kier molecular flexibility index (Phi) is 6.61. The number of oxime groups is 1. The van der Waals surface area contributed by atoms with Crippen LogP contribution in [-0.4, -0.2) is 39.5 Å². The van der Waals surface area contributed by atoms with Gasteiger partial charge in [0.05, 0.1) is 30.9 Å². The van der Waals surface area contributed by atoms with Gasteiger partial charge in [0, 0.05) is 12.7 Å². The molecule has 2 fully saturated rings. The van der Waals surface area contributed by atoms with Crippen molar-refractivity contribution in [3.05, 3.63) is 82.7 Å². The van der Waals surface area contributed by atoms with E-state index in [1.54, 1.807) is 13.4 Å². The monoisotopic (exact) mass is 536 g/mol. The summed E-state index contributed by atoms with van der Waals surface area (Å²) in [5.74, 6) is -2.47. The number of amidine groups is 1. The molecule has 39 heavy (non-hydrogen) atoms. The van der Waals surface area contributed by atoms with E-state index >= 15 is 0 Å². The van der Waals surface area contributed by atoms with Crippen LogP contribution in [0.2, 0.25) is 0 Å². The highest BCUT2D eigenvalue weighted by Crippen LogP contribution is 2.49. The van der Waals surface area contributed by atoms with Crippen LogP contribution >= 0.6 is 0 Å². The zero-order valence-corrected chi connectivity index (χ0v) is 22.1. The van der Waals surface area contributed by atoms with Crippen LogP contribution in [0.5, 0.6) is 5.75 Å². The van der Waals surface area contributed by atoms with Crippen LogP contribution in [0.1, 0.15) is 67.8 Å². The lowest BCUT2D eigenvalue weighted by Gasteiger charge is -2.51. The molecule has 1 aliphatic carbocycles. The first-order valence-electron chi connectivity index (χ1n) is 13.5. The van der Waals surface area contributed by atoms with Gasteiger partial charge in [-0.15, -0.1) is 0 Å². The molecule has 0 amide bonds. The maximum Gasteiger partial charge on any atom is 0.194 e. The van der Waals surface area contributed by atoms with Crippen molar-refractivity contribution < 1.29 is 22.7 Å². The number of fused-ring (bicyclic) bond motifs is 1. The maximum absolute atomic E-state index is 14.4. The van der Waals surface area contributed by atoms with Crippen molar-refractivity contribution in [1.82, 2.24) is 14.5 Å². The van der Waals surface area contributed by atoms with Crippen LogP contribution in [0.25, 0.3) is 11.8 Å². The van der Waals surface area contributed by atoms with E-state index in [0.29, 0.717) is 23.7 Å². The highest BCUT2D eigenvalue weighted by atomic mass is 19.2. The number of hydrogen-bond donors (Lipinski definition) is 0. The van der Waals surface area contributed by atoms with E-state index in [-0.39, 0.29) is 0 Å². The van der Waals surface area contributed by atoms with E-state index in [0.717, 1.165) is 79.6 Å². The van der Waals surface area contributed by atoms with Gasteiger partial charge in [0.2, 0.25) is 0 Å². The zero-order chi connectivity index (χ0) is 27.1. The fourth-order valence-corrected chi connectivity index (χ4v) is 6.29. The van der Waals surface area contributed by atoms with Crippen molar-refractivity contribution in [3.63, 3.8) is 0 Å². The van der Waals surface area contributed by atoms with Gasteiger partial charge >= 0.3 is 0 Å². The third kappa shape index (κ3) is 4.57. The second-order valence-electron chi connectivity index (χ2n) is 10.7. The van der Waals surface area contributed by atoms with Gasteiger partial charge in [-0.2, -0.15) is 0 Å². The predicted molar refractivity (Wildman–Crippen MR) is 142 cm³/mol. The average Bonchev–Trinajstić information content (AvgIpc) is 3.37. The fourth-order valence-electron chi connectivity index (χ4n) is 6.29. The Balaban J connectivity index is 1.39. The Bertz CT molecular complexity index is 1440. The third-order valence-corrected chi connectivity index (χ3v) is 8.08. The van der Waals surface area contributed by atoms with E-state index in [4.69, 9.17) is 9.57 Å². The van der Waals surface area contributed by atoms with Crippen LogP contribution < -0.4 is 4.74 Å². The summed E-state index contributed by atoms with van der Waals surface area (Å²) in [5.41, 5.74) is 3.35. The van der Waals surface area contributed by atoms with Crippen molar-refractivity contribution in [1.29, 1.82) is 0 Å². The molecule has 1 saturated carbocycles. The van der Waals surface area contributed by atoms with Gasteiger partial charge in [-0.25, -0.2) is 18.2 Å². The summed E-state index contributed by atoms with van der Waals surface area (Å²) >= 11 is 0. The molecule has 0 radical (unpaired) electrons. The van der Waals surface area contributed by atoms with Crippen molar-refractivity contribution in [2.24, 2.45) is 5.16 Å². The molecule has 1 atom stereocenters. The Morgan fingerprint density at radius 2 is 1.82 bits per heavy atom. The SMILES string of the molecule is COc1cc(C=C2CCCN3C2=NOC2(CCCCC2)[C@@H]3c2cc(F)c(F)c(F)c2)ccc1-n1cnc(C)c1. The number of hydrogen-bond acceptors (Lipinski definition) is 5. The number of imidazole rings is 1. The predicted octanol–water partition coefficient (Wildman–Crippen LogP) is 6.87. The summed E-state index contributed by atoms with van der Waals surface area (Å²) in [6.07, 6.45) is 11.7. The third-order valence-electron chi connectivity index (χ3n) is 8.08. The van der Waals surface area contributed by atoms with Gasteiger partial charge in [-0.1, -0.05) is 17.6 Å². The molecule has 6 rings (SSSR count). The minimum absolute atomic E-state index is 0.378. The van der Waals surface area contributed by atoms with Crippen molar-refractivity contribution >= 4 is 11.9 Å². The highest BCUT2D eigenvalue weighted by Gasteiger charge is 2.51. The van der Waals surface area contributed by atoms with E-state index in [1.165, 1.54) is 0 Å². The molecule has 1 aromatic heterocycles. The fraction of sp³-hybridized carbons (Fsp3) is 0.400. The lowest BCUT2D eigenvalue weighted by Crippen LogP contribution is -2.55. The molecule has 0 unspecified atom stereocenters. The molecule has 2 aromatic carbocycles. The molecule has 2 aliphatic heterocycles.